The molecule has 1 aromatic carbocycles. The molecule has 0 spiro atoms. The zero-order valence-corrected chi connectivity index (χ0v) is 9.57. The van der Waals surface area contributed by atoms with E-state index in [0.717, 1.165) is 0 Å². The highest BCUT2D eigenvalue weighted by Crippen LogP contribution is 2.38. The lowest BCUT2D eigenvalue weighted by molar-refractivity contribution is -0.0105. The third-order valence-electron chi connectivity index (χ3n) is 2.00. The molecule has 4 heteroatoms. The van der Waals surface area contributed by atoms with Crippen LogP contribution in [0.25, 0.3) is 0 Å². The summed E-state index contributed by atoms with van der Waals surface area (Å²) in [6.07, 6.45) is -0.236. The first-order valence-electron chi connectivity index (χ1n) is 4.23. The molecule has 1 aromatic rings. The molecule has 0 amide bonds. The Bertz CT molecular complexity index is 326. The first-order valence-corrected chi connectivity index (χ1v) is 5.02. The fraction of sp³-hybridized carbons (Fsp3) is 0.400. The summed E-state index contributed by atoms with van der Waals surface area (Å²) in [5.74, 6) is -2.62. The molecule has 0 aliphatic rings. The Balaban J connectivity index is 3.23. The molecule has 1 nitrogen and oxygen atoms in total. The zero-order chi connectivity index (χ0) is 10.8. The molecule has 0 radical (unpaired) electrons. The standard InChI is InChI=1S/C10H11BrF2O/c1-3-10(12,13)8-6-7(11)4-5-9(8)14-2/h4-6H,3H2,1-2H3. The molecule has 0 heterocycles. The van der Waals surface area contributed by atoms with Gasteiger partial charge in [-0.25, -0.2) is 8.78 Å². The minimum atomic E-state index is -2.84. The molecular weight excluding hydrogens is 254 g/mol. The summed E-state index contributed by atoms with van der Waals surface area (Å²) in [6.45, 7) is 1.44. The van der Waals surface area contributed by atoms with Crippen molar-refractivity contribution in [1.82, 2.24) is 0 Å². The van der Waals surface area contributed by atoms with E-state index in [-0.39, 0.29) is 17.7 Å². The Labute approximate surface area is 90.2 Å². The number of hydrogen-bond acceptors (Lipinski definition) is 1. The van der Waals surface area contributed by atoms with Crippen molar-refractivity contribution < 1.29 is 13.5 Å². The van der Waals surface area contributed by atoms with E-state index in [9.17, 15) is 8.78 Å². The summed E-state index contributed by atoms with van der Waals surface area (Å²) in [6, 6.07) is 4.60. The van der Waals surface area contributed by atoms with Crippen molar-refractivity contribution in [3.63, 3.8) is 0 Å². The number of hydrogen-bond donors (Lipinski definition) is 0. The summed E-state index contributed by atoms with van der Waals surface area (Å²) < 4.78 is 32.3. The van der Waals surface area contributed by atoms with Gasteiger partial charge in [-0.05, 0) is 18.2 Å². The van der Waals surface area contributed by atoms with E-state index < -0.39 is 5.92 Å². The van der Waals surface area contributed by atoms with Gasteiger partial charge in [-0.2, -0.15) is 0 Å². The maximum atomic E-state index is 13.4. The molecule has 0 fully saturated rings. The average Bonchev–Trinajstić information content (AvgIpc) is 2.18. The Kier molecular flexibility index (Phi) is 3.48. The second-order valence-electron chi connectivity index (χ2n) is 2.90. The predicted octanol–water partition coefficient (Wildman–Crippen LogP) is 3.96. The van der Waals surface area contributed by atoms with Crippen LogP contribution in [0, 0.1) is 0 Å². The van der Waals surface area contributed by atoms with Crippen LogP contribution in [0.3, 0.4) is 0 Å². The average molecular weight is 265 g/mol. The lowest BCUT2D eigenvalue weighted by atomic mass is 10.1. The smallest absolute Gasteiger partial charge is 0.276 e. The third kappa shape index (κ3) is 2.23. The van der Waals surface area contributed by atoms with Crippen LogP contribution in [-0.4, -0.2) is 7.11 Å². The maximum absolute atomic E-state index is 13.4. The van der Waals surface area contributed by atoms with Crippen LogP contribution in [0.15, 0.2) is 22.7 Å². The zero-order valence-electron chi connectivity index (χ0n) is 7.98. The molecule has 0 atom stereocenters. The molecule has 0 bridgehead atoms. The number of halogens is 3. The minimum Gasteiger partial charge on any atom is -0.496 e. The minimum absolute atomic E-state index is 0.0723. The molecule has 0 aromatic heterocycles. The molecule has 0 aliphatic heterocycles. The highest BCUT2D eigenvalue weighted by Gasteiger charge is 2.32. The molecule has 0 N–H and O–H groups in total. The van der Waals surface area contributed by atoms with Gasteiger partial charge in [-0.3, -0.25) is 0 Å². The molecule has 0 aliphatic carbocycles. The topological polar surface area (TPSA) is 9.23 Å². The lowest BCUT2D eigenvalue weighted by Crippen LogP contribution is -2.13. The second-order valence-corrected chi connectivity index (χ2v) is 3.82. The molecular formula is C10H11BrF2O. The van der Waals surface area contributed by atoms with Crippen molar-refractivity contribution in [3.8, 4) is 5.75 Å². The van der Waals surface area contributed by atoms with Crippen molar-refractivity contribution in [1.29, 1.82) is 0 Å². The van der Waals surface area contributed by atoms with Crippen LogP contribution in [-0.2, 0) is 5.92 Å². The Hall–Kier alpha value is -0.640. The van der Waals surface area contributed by atoms with E-state index >= 15 is 0 Å². The number of benzene rings is 1. The van der Waals surface area contributed by atoms with Crippen LogP contribution in [0.2, 0.25) is 0 Å². The van der Waals surface area contributed by atoms with Crippen molar-refractivity contribution in [2.24, 2.45) is 0 Å². The van der Waals surface area contributed by atoms with Gasteiger partial charge in [0.05, 0.1) is 12.7 Å². The van der Waals surface area contributed by atoms with Crippen LogP contribution in [0.5, 0.6) is 5.75 Å². The van der Waals surface area contributed by atoms with Crippen molar-refractivity contribution in [2.75, 3.05) is 7.11 Å². The van der Waals surface area contributed by atoms with Crippen molar-refractivity contribution in [2.45, 2.75) is 19.3 Å². The molecule has 0 saturated carbocycles. The molecule has 1 rings (SSSR count). The first kappa shape index (κ1) is 11.4. The Morgan fingerprint density at radius 2 is 2.07 bits per heavy atom. The van der Waals surface area contributed by atoms with Crippen LogP contribution in [0.1, 0.15) is 18.9 Å². The van der Waals surface area contributed by atoms with Gasteiger partial charge in [0, 0.05) is 10.9 Å². The SMILES string of the molecule is CCC(F)(F)c1cc(Br)ccc1OC. The molecule has 0 unspecified atom stereocenters. The van der Waals surface area contributed by atoms with Crippen LogP contribution < -0.4 is 4.74 Å². The van der Waals surface area contributed by atoms with E-state index in [1.807, 2.05) is 0 Å². The largest absolute Gasteiger partial charge is 0.496 e. The highest BCUT2D eigenvalue weighted by atomic mass is 79.9. The lowest BCUT2D eigenvalue weighted by Gasteiger charge is -2.17. The van der Waals surface area contributed by atoms with E-state index in [1.54, 1.807) is 6.07 Å². The van der Waals surface area contributed by atoms with Crippen molar-refractivity contribution in [3.05, 3.63) is 28.2 Å². The van der Waals surface area contributed by atoms with Crippen LogP contribution in [0.4, 0.5) is 8.78 Å². The fourth-order valence-corrected chi connectivity index (χ4v) is 1.52. The fourth-order valence-electron chi connectivity index (χ4n) is 1.16. The summed E-state index contributed by atoms with van der Waals surface area (Å²) >= 11 is 3.16. The number of rotatable bonds is 3. The highest BCUT2D eigenvalue weighted by molar-refractivity contribution is 9.10. The Morgan fingerprint density at radius 3 is 2.57 bits per heavy atom. The predicted molar refractivity (Wildman–Crippen MR) is 54.9 cm³/mol. The number of methoxy groups -OCH3 is 1. The number of alkyl halides is 2. The van der Waals surface area contributed by atoms with E-state index in [2.05, 4.69) is 15.9 Å². The van der Waals surface area contributed by atoms with E-state index in [4.69, 9.17) is 4.74 Å². The van der Waals surface area contributed by atoms with E-state index in [0.29, 0.717) is 4.47 Å². The van der Waals surface area contributed by atoms with Crippen LogP contribution >= 0.6 is 15.9 Å². The van der Waals surface area contributed by atoms with Gasteiger partial charge in [0.15, 0.2) is 0 Å². The monoisotopic (exact) mass is 264 g/mol. The van der Waals surface area contributed by atoms with Gasteiger partial charge in [0.1, 0.15) is 5.75 Å². The molecule has 0 saturated heterocycles. The summed E-state index contributed by atoms with van der Waals surface area (Å²) in [5.41, 5.74) is -0.0723. The van der Waals surface area contributed by atoms with Crippen molar-refractivity contribution >= 4 is 15.9 Å². The maximum Gasteiger partial charge on any atom is 0.276 e. The normalized spacial score (nSPS) is 11.5. The summed E-state index contributed by atoms with van der Waals surface area (Å²) in [5, 5.41) is 0. The van der Waals surface area contributed by atoms with Gasteiger partial charge < -0.3 is 4.74 Å². The van der Waals surface area contributed by atoms with Gasteiger partial charge in [-0.1, -0.05) is 22.9 Å². The number of ether oxygens (including phenoxy) is 1. The van der Waals surface area contributed by atoms with Gasteiger partial charge >= 0.3 is 0 Å². The quantitative estimate of drug-likeness (QED) is 0.803. The van der Waals surface area contributed by atoms with Gasteiger partial charge in [0.2, 0.25) is 0 Å². The second kappa shape index (κ2) is 4.26. The first-order chi connectivity index (χ1) is 6.51. The van der Waals surface area contributed by atoms with Gasteiger partial charge in [0.25, 0.3) is 5.92 Å². The third-order valence-corrected chi connectivity index (χ3v) is 2.49. The molecule has 14 heavy (non-hydrogen) atoms. The van der Waals surface area contributed by atoms with E-state index in [1.165, 1.54) is 26.2 Å². The summed E-state index contributed by atoms with van der Waals surface area (Å²) in [4.78, 5) is 0. The molecule has 78 valence electrons. The van der Waals surface area contributed by atoms with Gasteiger partial charge in [-0.15, -0.1) is 0 Å². The Morgan fingerprint density at radius 1 is 1.43 bits per heavy atom. The summed E-state index contributed by atoms with van der Waals surface area (Å²) in [7, 11) is 1.39.